The van der Waals surface area contributed by atoms with Gasteiger partial charge in [-0.05, 0) is 18.9 Å². The predicted molar refractivity (Wildman–Crippen MR) is 69.5 cm³/mol. The molecule has 0 radical (unpaired) electrons. The number of anilines is 1. The zero-order valence-electron chi connectivity index (χ0n) is 11.0. The van der Waals surface area contributed by atoms with Crippen LogP contribution in [0.25, 0.3) is 0 Å². The SMILES string of the molecule is Nc1ccn(C2CCN(S(=O)(=O)NCC(F)(F)F)CC2)n1. The molecule has 1 saturated heterocycles. The van der Waals surface area contributed by atoms with Gasteiger partial charge in [-0.3, -0.25) is 4.68 Å². The molecule has 0 saturated carbocycles. The van der Waals surface area contributed by atoms with Gasteiger partial charge in [0.1, 0.15) is 12.4 Å². The molecular formula is C10H16F3N5O2S. The van der Waals surface area contributed by atoms with Crippen molar-refractivity contribution < 1.29 is 21.6 Å². The summed E-state index contributed by atoms with van der Waals surface area (Å²) in [6.45, 7) is -1.29. The molecule has 11 heteroatoms. The molecule has 1 aliphatic heterocycles. The minimum Gasteiger partial charge on any atom is -0.382 e. The Bertz CT molecular complexity index is 578. The van der Waals surface area contributed by atoms with E-state index in [1.165, 1.54) is 0 Å². The summed E-state index contributed by atoms with van der Waals surface area (Å²) in [6, 6.07) is 1.63. The maximum absolute atomic E-state index is 12.1. The zero-order valence-corrected chi connectivity index (χ0v) is 11.9. The lowest BCUT2D eigenvalue weighted by molar-refractivity contribution is -0.121. The van der Waals surface area contributed by atoms with Gasteiger partial charge >= 0.3 is 6.18 Å². The maximum Gasteiger partial charge on any atom is 0.402 e. The lowest BCUT2D eigenvalue weighted by atomic mass is 10.1. The van der Waals surface area contributed by atoms with Crippen molar-refractivity contribution >= 4 is 16.0 Å². The minimum atomic E-state index is -4.57. The summed E-state index contributed by atoms with van der Waals surface area (Å²) in [6.07, 6.45) is -1.94. The van der Waals surface area contributed by atoms with Crippen LogP contribution in [-0.4, -0.2) is 48.3 Å². The van der Waals surface area contributed by atoms with E-state index in [1.54, 1.807) is 21.7 Å². The molecular weight excluding hydrogens is 311 g/mol. The number of halogens is 3. The fraction of sp³-hybridized carbons (Fsp3) is 0.700. The highest BCUT2D eigenvalue weighted by atomic mass is 32.2. The second-order valence-corrected chi connectivity index (χ2v) is 6.55. The van der Waals surface area contributed by atoms with Crippen molar-refractivity contribution in [2.75, 3.05) is 25.4 Å². The summed E-state index contributed by atoms with van der Waals surface area (Å²) >= 11 is 0. The number of hydrogen-bond acceptors (Lipinski definition) is 4. The van der Waals surface area contributed by atoms with Crippen LogP contribution in [0.5, 0.6) is 0 Å². The van der Waals surface area contributed by atoms with Gasteiger partial charge in [0, 0.05) is 19.3 Å². The van der Waals surface area contributed by atoms with Crippen LogP contribution in [-0.2, 0) is 10.2 Å². The van der Waals surface area contributed by atoms with E-state index in [4.69, 9.17) is 5.73 Å². The van der Waals surface area contributed by atoms with Crippen LogP contribution in [0.2, 0.25) is 0 Å². The first-order valence-electron chi connectivity index (χ1n) is 6.29. The molecule has 1 aliphatic rings. The van der Waals surface area contributed by atoms with E-state index in [0.29, 0.717) is 18.7 Å². The van der Waals surface area contributed by atoms with E-state index < -0.39 is 22.9 Å². The average molecular weight is 327 g/mol. The molecule has 0 unspecified atom stereocenters. The van der Waals surface area contributed by atoms with Crippen molar-refractivity contribution in [1.82, 2.24) is 18.8 Å². The smallest absolute Gasteiger partial charge is 0.382 e. The molecule has 0 amide bonds. The molecule has 3 N–H and O–H groups in total. The summed E-state index contributed by atoms with van der Waals surface area (Å²) in [5, 5.41) is 4.05. The van der Waals surface area contributed by atoms with Gasteiger partial charge in [-0.1, -0.05) is 0 Å². The highest BCUT2D eigenvalue weighted by Gasteiger charge is 2.33. The van der Waals surface area contributed by atoms with Crippen molar-refractivity contribution in [2.45, 2.75) is 25.1 Å². The van der Waals surface area contributed by atoms with Crippen molar-refractivity contribution in [3.63, 3.8) is 0 Å². The standard InChI is InChI=1S/C10H16F3N5O2S/c11-10(12,13)7-15-21(19,20)17-4-1-8(2-5-17)18-6-3-9(14)16-18/h3,6,8,15H,1-2,4-5,7H2,(H2,14,16). The Balaban J connectivity index is 1.91. The lowest BCUT2D eigenvalue weighted by Crippen LogP contribution is -2.47. The summed E-state index contributed by atoms with van der Waals surface area (Å²) in [5.74, 6) is 0.372. The second-order valence-electron chi connectivity index (χ2n) is 4.79. The fourth-order valence-corrected chi connectivity index (χ4v) is 3.39. The van der Waals surface area contributed by atoms with Gasteiger partial charge in [-0.25, -0.2) is 0 Å². The van der Waals surface area contributed by atoms with E-state index in [1.807, 2.05) is 0 Å². The molecule has 1 fully saturated rings. The Labute approximate surface area is 120 Å². The first kappa shape index (κ1) is 16.0. The van der Waals surface area contributed by atoms with Crippen LogP contribution in [0.1, 0.15) is 18.9 Å². The third-order valence-corrected chi connectivity index (χ3v) is 4.78. The van der Waals surface area contributed by atoms with Gasteiger partial charge in [-0.15, -0.1) is 0 Å². The number of nitrogens with one attached hydrogen (secondary N) is 1. The number of hydrogen-bond donors (Lipinski definition) is 2. The first-order chi connectivity index (χ1) is 9.67. The zero-order chi connectivity index (χ0) is 15.7. The summed E-state index contributed by atoms with van der Waals surface area (Å²) in [5.41, 5.74) is 5.51. The molecule has 0 spiro atoms. The second kappa shape index (κ2) is 5.81. The molecule has 1 aromatic heterocycles. The average Bonchev–Trinajstić information content (AvgIpc) is 2.83. The Hall–Kier alpha value is -1.33. The van der Waals surface area contributed by atoms with Gasteiger partial charge in [-0.2, -0.15) is 35.7 Å². The number of aromatic nitrogens is 2. The molecule has 120 valence electrons. The van der Waals surface area contributed by atoms with Crippen molar-refractivity contribution in [3.05, 3.63) is 12.3 Å². The summed E-state index contributed by atoms with van der Waals surface area (Å²) < 4.78 is 63.9. The number of nitrogens with two attached hydrogens (primary N) is 1. The topological polar surface area (TPSA) is 93.2 Å². The Morgan fingerprint density at radius 3 is 2.48 bits per heavy atom. The molecule has 2 heterocycles. The maximum atomic E-state index is 12.1. The molecule has 0 aliphatic carbocycles. The van der Waals surface area contributed by atoms with Crippen LogP contribution in [0.15, 0.2) is 12.3 Å². The highest BCUT2D eigenvalue weighted by Crippen LogP contribution is 2.24. The lowest BCUT2D eigenvalue weighted by Gasteiger charge is -2.31. The molecule has 0 atom stereocenters. The van der Waals surface area contributed by atoms with Crippen molar-refractivity contribution in [2.24, 2.45) is 0 Å². The number of nitrogen functional groups attached to an aromatic ring is 1. The van der Waals surface area contributed by atoms with E-state index in [-0.39, 0.29) is 19.1 Å². The van der Waals surface area contributed by atoms with E-state index in [2.05, 4.69) is 5.10 Å². The first-order valence-corrected chi connectivity index (χ1v) is 7.73. The Kier molecular flexibility index (Phi) is 4.44. The monoisotopic (exact) mass is 327 g/mol. The molecule has 2 rings (SSSR count). The molecule has 7 nitrogen and oxygen atoms in total. The number of piperidine rings is 1. The number of nitrogens with zero attached hydrogens (tertiary/aromatic N) is 3. The van der Waals surface area contributed by atoms with Crippen LogP contribution in [0.4, 0.5) is 19.0 Å². The largest absolute Gasteiger partial charge is 0.402 e. The van der Waals surface area contributed by atoms with Gasteiger partial charge in [0.25, 0.3) is 10.2 Å². The van der Waals surface area contributed by atoms with Gasteiger partial charge < -0.3 is 5.73 Å². The van der Waals surface area contributed by atoms with Gasteiger partial charge in [0.2, 0.25) is 0 Å². The number of alkyl halides is 3. The third kappa shape index (κ3) is 4.32. The van der Waals surface area contributed by atoms with E-state index in [9.17, 15) is 21.6 Å². The normalized spacial score (nSPS) is 19.0. The molecule has 21 heavy (non-hydrogen) atoms. The van der Waals surface area contributed by atoms with Crippen LogP contribution in [0.3, 0.4) is 0 Å². The highest BCUT2D eigenvalue weighted by molar-refractivity contribution is 7.87. The summed E-state index contributed by atoms with van der Waals surface area (Å²) in [7, 11) is -4.11. The van der Waals surface area contributed by atoms with E-state index in [0.717, 1.165) is 4.31 Å². The van der Waals surface area contributed by atoms with Gasteiger partial charge in [0.15, 0.2) is 0 Å². The fourth-order valence-electron chi connectivity index (χ4n) is 2.17. The number of rotatable bonds is 4. The van der Waals surface area contributed by atoms with Crippen molar-refractivity contribution in [3.8, 4) is 0 Å². The van der Waals surface area contributed by atoms with Crippen molar-refractivity contribution in [1.29, 1.82) is 0 Å². The Morgan fingerprint density at radius 2 is 2.00 bits per heavy atom. The molecule has 1 aromatic rings. The Morgan fingerprint density at radius 1 is 1.38 bits per heavy atom. The van der Waals surface area contributed by atoms with Gasteiger partial charge in [0.05, 0.1) is 6.04 Å². The van der Waals surface area contributed by atoms with Crippen LogP contribution in [0, 0.1) is 0 Å². The summed E-state index contributed by atoms with van der Waals surface area (Å²) in [4.78, 5) is 0. The predicted octanol–water partition coefficient (Wildman–Crippen LogP) is 0.499. The quantitative estimate of drug-likeness (QED) is 0.842. The molecule has 0 aromatic carbocycles. The van der Waals surface area contributed by atoms with Crippen LogP contribution < -0.4 is 10.5 Å². The van der Waals surface area contributed by atoms with E-state index >= 15 is 0 Å². The molecule has 0 bridgehead atoms. The minimum absolute atomic E-state index is 0.00336. The third-order valence-electron chi connectivity index (χ3n) is 3.22. The van der Waals surface area contributed by atoms with Crippen LogP contribution >= 0.6 is 0 Å².